The number of imidazole rings is 1. The maximum absolute atomic E-state index is 13.1. The summed E-state index contributed by atoms with van der Waals surface area (Å²) in [6.45, 7) is 4.25. The summed E-state index contributed by atoms with van der Waals surface area (Å²) < 4.78 is 16.1. The summed E-state index contributed by atoms with van der Waals surface area (Å²) in [6, 6.07) is 13.2. The maximum atomic E-state index is 13.1. The molecule has 3 aromatic rings. The third kappa shape index (κ3) is 4.43. The molecule has 1 fully saturated rings. The molecule has 1 saturated heterocycles. The molecule has 2 aromatic carbocycles. The van der Waals surface area contributed by atoms with Gasteiger partial charge < -0.3 is 4.90 Å². The molecule has 168 valence electrons. The molecule has 4 rings (SSSR count). The normalized spacial score (nSPS) is 15.3. The van der Waals surface area contributed by atoms with Crippen LogP contribution in [0.4, 0.5) is 4.39 Å². The number of piperidine rings is 1. The van der Waals surface area contributed by atoms with Crippen LogP contribution in [0.5, 0.6) is 0 Å². The molecule has 0 N–H and O–H groups in total. The van der Waals surface area contributed by atoms with Crippen molar-refractivity contribution in [2.24, 2.45) is 0 Å². The minimum absolute atomic E-state index is 0.0276. The van der Waals surface area contributed by atoms with E-state index in [-0.39, 0.29) is 35.7 Å². The first-order chi connectivity index (χ1) is 15.5. The molecule has 1 aliphatic heterocycles. The largest absolute Gasteiger partial charge is 0.336 e. The van der Waals surface area contributed by atoms with Gasteiger partial charge in [0.15, 0.2) is 5.78 Å². The Balaban J connectivity index is 1.37. The van der Waals surface area contributed by atoms with Gasteiger partial charge in [-0.15, -0.1) is 0 Å². The Morgan fingerprint density at radius 2 is 1.66 bits per heavy atom. The second-order valence-electron chi connectivity index (χ2n) is 8.33. The van der Waals surface area contributed by atoms with Crippen molar-refractivity contribution in [1.82, 2.24) is 14.0 Å². The fourth-order valence-corrected chi connectivity index (χ4v) is 4.57. The van der Waals surface area contributed by atoms with Crippen LogP contribution in [0.15, 0.2) is 53.3 Å². The molecule has 0 aliphatic carbocycles. The van der Waals surface area contributed by atoms with E-state index in [1.807, 2.05) is 24.3 Å². The SMILES string of the molecule is CCC(=O)n1c(=O)n(C2CCN(CCCC(=O)c3ccc(F)cc3)CC2)c2ccccc21. The monoisotopic (exact) mass is 437 g/mol. The molecule has 32 heavy (non-hydrogen) atoms. The van der Waals surface area contributed by atoms with Crippen molar-refractivity contribution in [3.8, 4) is 0 Å². The molecule has 0 amide bonds. The molecule has 0 bridgehead atoms. The van der Waals surface area contributed by atoms with Crippen molar-refractivity contribution >= 4 is 22.7 Å². The van der Waals surface area contributed by atoms with E-state index < -0.39 is 0 Å². The number of benzene rings is 2. The predicted molar refractivity (Wildman–Crippen MR) is 122 cm³/mol. The average Bonchev–Trinajstić information content (AvgIpc) is 3.11. The molecular formula is C25H28FN3O3. The highest BCUT2D eigenvalue weighted by atomic mass is 19.1. The van der Waals surface area contributed by atoms with Gasteiger partial charge in [0.25, 0.3) is 0 Å². The molecule has 0 spiro atoms. The molecule has 0 unspecified atom stereocenters. The van der Waals surface area contributed by atoms with Crippen LogP contribution in [0, 0.1) is 5.82 Å². The summed E-state index contributed by atoms with van der Waals surface area (Å²) in [7, 11) is 0. The minimum atomic E-state index is -0.342. The van der Waals surface area contributed by atoms with Crippen molar-refractivity contribution in [2.75, 3.05) is 19.6 Å². The first kappa shape index (κ1) is 22.1. The number of carbonyl (C=O) groups excluding carboxylic acids is 2. The first-order valence-corrected chi connectivity index (χ1v) is 11.3. The molecule has 7 heteroatoms. The fraction of sp³-hybridized carbons (Fsp3) is 0.400. The summed E-state index contributed by atoms with van der Waals surface area (Å²) in [4.78, 5) is 40.1. The zero-order valence-electron chi connectivity index (χ0n) is 18.3. The highest BCUT2D eigenvalue weighted by molar-refractivity contribution is 5.96. The number of para-hydroxylation sites is 2. The van der Waals surface area contributed by atoms with Crippen LogP contribution in [0.3, 0.4) is 0 Å². The lowest BCUT2D eigenvalue weighted by atomic mass is 10.0. The van der Waals surface area contributed by atoms with Crippen LogP contribution >= 0.6 is 0 Å². The van der Waals surface area contributed by atoms with Crippen LogP contribution in [-0.2, 0) is 0 Å². The number of aromatic nitrogens is 2. The summed E-state index contributed by atoms with van der Waals surface area (Å²) in [5.74, 6) is -0.501. The number of hydrogen-bond donors (Lipinski definition) is 0. The van der Waals surface area contributed by atoms with E-state index >= 15 is 0 Å². The molecule has 1 aliphatic rings. The van der Waals surface area contributed by atoms with Crippen LogP contribution in [0.25, 0.3) is 11.0 Å². The van der Waals surface area contributed by atoms with Gasteiger partial charge >= 0.3 is 5.69 Å². The van der Waals surface area contributed by atoms with Crippen molar-refractivity contribution in [3.63, 3.8) is 0 Å². The number of ketones is 1. The quantitative estimate of drug-likeness (QED) is 0.517. The Bertz CT molecular complexity index is 1170. The lowest BCUT2D eigenvalue weighted by molar-refractivity contribution is 0.0905. The molecule has 0 atom stereocenters. The smallest absolute Gasteiger partial charge is 0.303 e. The molecule has 0 saturated carbocycles. The standard InChI is InChI=1S/C25H28FN3O3/c1-2-24(31)29-22-7-4-3-6-21(22)28(25(29)32)20-13-16-27(17-14-20)15-5-8-23(30)18-9-11-19(26)12-10-18/h3-4,6-7,9-12,20H,2,5,8,13-17H2,1H3. The second-order valence-corrected chi connectivity index (χ2v) is 8.33. The Morgan fingerprint density at radius 3 is 2.31 bits per heavy atom. The zero-order chi connectivity index (χ0) is 22.7. The number of rotatable bonds is 7. The Hall–Kier alpha value is -3.06. The van der Waals surface area contributed by atoms with E-state index in [9.17, 15) is 18.8 Å². The molecule has 2 heterocycles. The molecular weight excluding hydrogens is 409 g/mol. The Kier molecular flexibility index (Phi) is 6.65. The summed E-state index contributed by atoms with van der Waals surface area (Å²) in [6.07, 6.45) is 3.09. The van der Waals surface area contributed by atoms with Crippen molar-refractivity contribution < 1.29 is 14.0 Å². The predicted octanol–water partition coefficient (Wildman–Crippen LogP) is 4.29. The minimum Gasteiger partial charge on any atom is -0.303 e. The second kappa shape index (κ2) is 9.61. The number of likely N-dealkylation sites (tertiary alicyclic amines) is 1. The van der Waals surface area contributed by atoms with Crippen molar-refractivity contribution in [3.05, 3.63) is 70.4 Å². The van der Waals surface area contributed by atoms with Crippen LogP contribution in [-0.4, -0.2) is 45.4 Å². The maximum Gasteiger partial charge on any atom is 0.336 e. The molecule has 0 radical (unpaired) electrons. The van der Waals surface area contributed by atoms with E-state index in [2.05, 4.69) is 4.90 Å². The summed E-state index contributed by atoms with van der Waals surface area (Å²) in [5, 5.41) is 0. The fourth-order valence-electron chi connectivity index (χ4n) is 4.57. The Labute approximate surface area is 186 Å². The van der Waals surface area contributed by atoms with Crippen LogP contribution in [0.1, 0.15) is 60.2 Å². The van der Waals surface area contributed by atoms with Gasteiger partial charge in [-0.3, -0.25) is 14.2 Å². The average molecular weight is 438 g/mol. The number of hydrogen-bond acceptors (Lipinski definition) is 4. The van der Waals surface area contributed by atoms with Gasteiger partial charge in [-0.25, -0.2) is 13.8 Å². The highest BCUT2D eigenvalue weighted by Gasteiger charge is 2.26. The van der Waals surface area contributed by atoms with Gasteiger partial charge in [0.05, 0.1) is 11.0 Å². The van der Waals surface area contributed by atoms with Gasteiger partial charge in [0.2, 0.25) is 5.91 Å². The molecule has 6 nitrogen and oxygen atoms in total. The number of Topliss-reactive ketones (excluding diaryl/α,β-unsaturated/α-hetero) is 1. The Morgan fingerprint density at radius 1 is 1.00 bits per heavy atom. The third-order valence-electron chi connectivity index (χ3n) is 6.30. The third-order valence-corrected chi connectivity index (χ3v) is 6.30. The van der Waals surface area contributed by atoms with E-state index in [1.165, 1.54) is 28.8 Å². The number of fused-ring (bicyclic) bond motifs is 1. The van der Waals surface area contributed by atoms with E-state index in [0.717, 1.165) is 44.4 Å². The van der Waals surface area contributed by atoms with E-state index in [1.54, 1.807) is 11.5 Å². The van der Waals surface area contributed by atoms with Crippen LogP contribution in [0.2, 0.25) is 0 Å². The van der Waals surface area contributed by atoms with Gasteiger partial charge in [-0.1, -0.05) is 19.1 Å². The summed E-state index contributed by atoms with van der Waals surface area (Å²) in [5.41, 5.74) is 1.78. The zero-order valence-corrected chi connectivity index (χ0v) is 18.3. The van der Waals surface area contributed by atoms with E-state index in [0.29, 0.717) is 17.5 Å². The first-order valence-electron chi connectivity index (χ1n) is 11.3. The van der Waals surface area contributed by atoms with Crippen molar-refractivity contribution in [1.29, 1.82) is 0 Å². The van der Waals surface area contributed by atoms with Gasteiger partial charge in [0, 0.05) is 37.5 Å². The van der Waals surface area contributed by atoms with Gasteiger partial charge in [0.1, 0.15) is 5.82 Å². The van der Waals surface area contributed by atoms with Crippen LogP contribution < -0.4 is 5.69 Å². The topological polar surface area (TPSA) is 64.3 Å². The number of carbonyl (C=O) groups is 2. The van der Waals surface area contributed by atoms with Gasteiger partial charge in [-0.2, -0.15) is 0 Å². The number of nitrogens with zero attached hydrogens (tertiary/aromatic N) is 3. The molecule has 1 aromatic heterocycles. The van der Waals surface area contributed by atoms with Gasteiger partial charge in [-0.05, 0) is 62.2 Å². The lowest BCUT2D eigenvalue weighted by Crippen LogP contribution is -2.39. The highest BCUT2D eigenvalue weighted by Crippen LogP contribution is 2.26. The number of halogens is 1. The lowest BCUT2D eigenvalue weighted by Gasteiger charge is -2.32. The van der Waals surface area contributed by atoms with E-state index in [4.69, 9.17) is 0 Å². The van der Waals surface area contributed by atoms with Crippen molar-refractivity contribution in [2.45, 2.75) is 45.1 Å². The summed E-state index contributed by atoms with van der Waals surface area (Å²) >= 11 is 0.